The van der Waals surface area contributed by atoms with Crippen molar-refractivity contribution in [3.63, 3.8) is 0 Å². The van der Waals surface area contributed by atoms with Gasteiger partial charge in [-0.3, -0.25) is 0 Å². The molecule has 0 aliphatic rings. The Morgan fingerprint density at radius 2 is 2.00 bits per heavy atom. The minimum Gasteiger partial charge on any atom is -0.496 e. The fourth-order valence-electron chi connectivity index (χ4n) is 1.82. The molecule has 1 aromatic heterocycles. The summed E-state index contributed by atoms with van der Waals surface area (Å²) < 4.78 is 5.89. The van der Waals surface area contributed by atoms with Crippen LogP contribution in [0.3, 0.4) is 0 Å². The molecule has 4 heteroatoms. The van der Waals surface area contributed by atoms with Gasteiger partial charge in [0.2, 0.25) is 0 Å². The molecule has 0 aliphatic carbocycles. The first-order chi connectivity index (χ1) is 8.67. The number of rotatable bonds is 2. The van der Waals surface area contributed by atoms with E-state index in [0.717, 1.165) is 22.6 Å². The van der Waals surface area contributed by atoms with Crippen LogP contribution in [0.1, 0.15) is 11.3 Å². The molecule has 0 saturated heterocycles. The van der Waals surface area contributed by atoms with Gasteiger partial charge in [-0.25, -0.2) is 4.98 Å². The summed E-state index contributed by atoms with van der Waals surface area (Å²) in [4.78, 5) is 4.24. The summed E-state index contributed by atoms with van der Waals surface area (Å²) in [5.74, 6) is 0.742. The highest BCUT2D eigenvalue weighted by Gasteiger charge is 2.14. The maximum Gasteiger partial charge on any atom is 0.126 e. The Balaban J connectivity index is 2.75. The van der Waals surface area contributed by atoms with Crippen LogP contribution in [0.4, 0.5) is 0 Å². The minimum atomic E-state index is 0.519. The molecule has 0 bridgehead atoms. The third-order valence-corrected chi connectivity index (χ3v) is 3.19. The number of halogens is 1. The predicted molar refractivity (Wildman–Crippen MR) is 73.4 cm³/mol. The van der Waals surface area contributed by atoms with Gasteiger partial charge in [0.05, 0.1) is 12.7 Å². The maximum atomic E-state index is 9.25. The third-order valence-electron chi connectivity index (χ3n) is 2.61. The second-order valence-electron chi connectivity index (χ2n) is 3.79. The number of pyridine rings is 1. The fraction of sp³-hybridized carbons (Fsp3) is 0.143. The van der Waals surface area contributed by atoms with Crippen LogP contribution < -0.4 is 4.74 Å². The Labute approximate surface area is 114 Å². The first-order valence-corrected chi connectivity index (χ1v) is 6.17. The van der Waals surface area contributed by atoms with Crippen LogP contribution in [0.2, 0.25) is 0 Å². The number of hydrogen-bond acceptors (Lipinski definition) is 3. The molecule has 2 rings (SSSR count). The molecular weight excluding hydrogens is 292 g/mol. The predicted octanol–water partition coefficient (Wildman–Crippen LogP) is 3.70. The average molecular weight is 303 g/mol. The largest absolute Gasteiger partial charge is 0.496 e. The molecule has 18 heavy (non-hydrogen) atoms. The summed E-state index contributed by atoms with van der Waals surface area (Å²) in [6.45, 7) is 1.89. The molecule has 0 atom stereocenters. The normalized spacial score (nSPS) is 9.89. The number of nitriles is 1. The topological polar surface area (TPSA) is 45.9 Å². The van der Waals surface area contributed by atoms with Gasteiger partial charge in [0, 0.05) is 16.8 Å². The number of para-hydroxylation sites is 1. The van der Waals surface area contributed by atoms with E-state index < -0.39 is 0 Å². The van der Waals surface area contributed by atoms with E-state index in [1.807, 2.05) is 37.3 Å². The molecule has 0 unspecified atom stereocenters. The van der Waals surface area contributed by atoms with Gasteiger partial charge < -0.3 is 4.74 Å². The zero-order chi connectivity index (χ0) is 13.1. The number of benzene rings is 1. The van der Waals surface area contributed by atoms with Crippen LogP contribution in [-0.2, 0) is 0 Å². The maximum absolute atomic E-state index is 9.25. The van der Waals surface area contributed by atoms with E-state index in [4.69, 9.17) is 4.74 Å². The molecule has 90 valence electrons. The van der Waals surface area contributed by atoms with Gasteiger partial charge in [0.25, 0.3) is 0 Å². The Morgan fingerprint density at radius 3 is 2.67 bits per heavy atom. The van der Waals surface area contributed by atoms with Gasteiger partial charge in [0.15, 0.2) is 0 Å². The summed E-state index contributed by atoms with van der Waals surface area (Å²) >= 11 is 3.33. The van der Waals surface area contributed by atoms with E-state index in [0.29, 0.717) is 10.2 Å². The van der Waals surface area contributed by atoms with Gasteiger partial charge in [0.1, 0.15) is 16.4 Å². The first-order valence-electron chi connectivity index (χ1n) is 5.38. The number of aryl methyl sites for hydroxylation is 1. The Hall–Kier alpha value is -1.86. The highest BCUT2D eigenvalue weighted by molar-refractivity contribution is 9.10. The smallest absolute Gasteiger partial charge is 0.126 e. The number of hydrogen-bond donors (Lipinski definition) is 0. The molecule has 0 spiro atoms. The summed E-state index contributed by atoms with van der Waals surface area (Å²) in [5, 5.41) is 9.25. The lowest BCUT2D eigenvalue weighted by Crippen LogP contribution is -1.94. The van der Waals surface area contributed by atoms with E-state index in [2.05, 4.69) is 27.0 Å². The van der Waals surface area contributed by atoms with E-state index in [1.165, 1.54) is 0 Å². The molecule has 1 heterocycles. The molecular formula is C14H11BrN2O. The van der Waals surface area contributed by atoms with Gasteiger partial charge >= 0.3 is 0 Å². The zero-order valence-electron chi connectivity index (χ0n) is 10.1. The number of aromatic nitrogens is 1. The first kappa shape index (κ1) is 12.6. The highest BCUT2D eigenvalue weighted by atomic mass is 79.9. The molecule has 2 aromatic rings. The van der Waals surface area contributed by atoms with Crippen LogP contribution >= 0.6 is 15.9 Å². The van der Waals surface area contributed by atoms with Crippen LogP contribution in [0.25, 0.3) is 11.1 Å². The molecule has 0 amide bonds. The van der Waals surface area contributed by atoms with Crippen molar-refractivity contribution in [2.45, 2.75) is 6.92 Å². The van der Waals surface area contributed by atoms with Crippen molar-refractivity contribution >= 4 is 15.9 Å². The van der Waals surface area contributed by atoms with Crippen molar-refractivity contribution in [3.8, 4) is 22.9 Å². The van der Waals surface area contributed by atoms with Crippen LogP contribution in [0.15, 0.2) is 34.9 Å². The van der Waals surface area contributed by atoms with Crippen molar-refractivity contribution in [2.75, 3.05) is 7.11 Å². The summed E-state index contributed by atoms with van der Waals surface area (Å²) in [6.07, 6.45) is 0. The average Bonchev–Trinajstić information content (AvgIpc) is 2.38. The lowest BCUT2D eigenvalue weighted by molar-refractivity contribution is 0.416. The second-order valence-corrected chi connectivity index (χ2v) is 4.54. The second kappa shape index (κ2) is 5.19. The molecule has 0 aliphatic heterocycles. The van der Waals surface area contributed by atoms with Crippen molar-refractivity contribution in [3.05, 3.63) is 46.2 Å². The Morgan fingerprint density at radius 1 is 1.28 bits per heavy atom. The van der Waals surface area contributed by atoms with Gasteiger partial charge in [-0.2, -0.15) is 5.26 Å². The third kappa shape index (κ3) is 2.22. The lowest BCUT2D eigenvalue weighted by Gasteiger charge is -2.11. The molecule has 1 aromatic carbocycles. The number of ether oxygens (including phenoxy) is 1. The van der Waals surface area contributed by atoms with E-state index in [1.54, 1.807) is 7.11 Å². The molecule has 3 nitrogen and oxygen atoms in total. The fourth-order valence-corrected chi connectivity index (χ4v) is 2.40. The SMILES string of the molecule is COc1ccccc1-c1cc(C)nc(Br)c1C#N. The van der Waals surface area contributed by atoms with Crippen molar-refractivity contribution in [1.29, 1.82) is 5.26 Å². The minimum absolute atomic E-state index is 0.519. The zero-order valence-corrected chi connectivity index (χ0v) is 11.7. The Kier molecular flexibility index (Phi) is 3.63. The Bertz CT molecular complexity index is 632. The summed E-state index contributed by atoms with van der Waals surface area (Å²) in [6, 6.07) is 11.7. The van der Waals surface area contributed by atoms with Gasteiger partial charge in [-0.05, 0) is 35.0 Å². The van der Waals surface area contributed by atoms with Gasteiger partial charge in [-0.15, -0.1) is 0 Å². The standard InChI is InChI=1S/C14H11BrN2O/c1-9-7-11(12(8-16)14(15)17-9)10-5-3-4-6-13(10)18-2/h3-7H,1-2H3. The van der Waals surface area contributed by atoms with Crippen LogP contribution in [0.5, 0.6) is 5.75 Å². The van der Waals surface area contributed by atoms with E-state index >= 15 is 0 Å². The number of nitrogens with zero attached hydrogens (tertiary/aromatic N) is 2. The molecule has 0 radical (unpaired) electrons. The summed E-state index contributed by atoms with van der Waals surface area (Å²) in [5.41, 5.74) is 3.09. The van der Waals surface area contributed by atoms with Gasteiger partial charge in [-0.1, -0.05) is 18.2 Å². The molecule has 0 N–H and O–H groups in total. The van der Waals surface area contributed by atoms with Crippen LogP contribution in [0, 0.1) is 18.3 Å². The lowest BCUT2D eigenvalue weighted by atomic mass is 10.0. The van der Waals surface area contributed by atoms with E-state index in [9.17, 15) is 5.26 Å². The summed E-state index contributed by atoms with van der Waals surface area (Å²) in [7, 11) is 1.62. The molecule has 0 saturated carbocycles. The highest BCUT2D eigenvalue weighted by Crippen LogP contribution is 2.34. The van der Waals surface area contributed by atoms with Crippen molar-refractivity contribution in [2.24, 2.45) is 0 Å². The van der Waals surface area contributed by atoms with Crippen LogP contribution in [-0.4, -0.2) is 12.1 Å². The number of methoxy groups -OCH3 is 1. The quantitative estimate of drug-likeness (QED) is 0.795. The van der Waals surface area contributed by atoms with E-state index in [-0.39, 0.29) is 0 Å². The van der Waals surface area contributed by atoms with Crippen molar-refractivity contribution in [1.82, 2.24) is 4.98 Å². The monoisotopic (exact) mass is 302 g/mol. The van der Waals surface area contributed by atoms with Crippen molar-refractivity contribution < 1.29 is 4.74 Å². The molecule has 0 fully saturated rings.